The Bertz CT molecular complexity index is 815. The Morgan fingerprint density at radius 2 is 1.71 bits per heavy atom. The molecule has 0 spiro atoms. The topological polar surface area (TPSA) is 61.9 Å². The number of piperazine rings is 1. The summed E-state index contributed by atoms with van der Waals surface area (Å²) in [4.78, 5) is 28.4. The maximum atomic E-state index is 12.4. The Labute approximate surface area is 166 Å². The zero-order valence-electron chi connectivity index (χ0n) is 16.5. The molecule has 2 aromatic carbocycles. The molecule has 1 aliphatic rings. The van der Waals surface area contributed by atoms with Gasteiger partial charge in [-0.25, -0.2) is 0 Å². The van der Waals surface area contributed by atoms with Crippen LogP contribution >= 0.6 is 0 Å². The van der Waals surface area contributed by atoms with Crippen LogP contribution in [0.15, 0.2) is 48.5 Å². The fraction of sp³-hybridized carbons (Fsp3) is 0.364. The Kier molecular flexibility index (Phi) is 6.53. The van der Waals surface area contributed by atoms with E-state index in [0.717, 1.165) is 24.2 Å². The van der Waals surface area contributed by atoms with Crippen molar-refractivity contribution in [3.05, 3.63) is 59.7 Å². The van der Waals surface area contributed by atoms with Crippen LogP contribution in [0.1, 0.15) is 11.1 Å². The lowest BCUT2D eigenvalue weighted by atomic mass is 10.1. The van der Waals surface area contributed by atoms with Crippen LogP contribution in [0.5, 0.6) is 5.75 Å². The van der Waals surface area contributed by atoms with Gasteiger partial charge in [-0.15, -0.1) is 0 Å². The van der Waals surface area contributed by atoms with Gasteiger partial charge in [0, 0.05) is 31.9 Å². The molecule has 28 heavy (non-hydrogen) atoms. The van der Waals surface area contributed by atoms with E-state index in [-0.39, 0.29) is 25.0 Å². The van der Waals surface area contributed by atoms with Crippen molar-refractivity contribution in [1.82, 2.24) is 10.2 Å². The van der Waals surface area contributed by atoms with E-state index >= 15 is 0 Å². The molecule has 0 radical (unpaired) electrons. The number of aryl methyl sites for hydroxylation is 2. The van der Waals surface area contributed by atoms with E-state index in [1.54, 1.807) is 4.90 Å². The Morgan fingerprint density at radius 1 is 1.00 bits per heavy atom. The molecule has 1 fully saturated rings. The summed E-state index contributed by atoms with van der Waals surface area (Å²) in [5, 5.41) is 2.65. The molecule has 2 amide bonds. The van der Waals surface area contributed by atoms with Crippen LogP contribution in [0.3, 0.4) is 0 Å². The minimum absolute atomic E-state index is 0.000407. The van der Waals surface area contributed by atoms with E-state index in [0.29, 0.717) is 18.8 Å². The molecule has 3 rings (SSSR count). The molecule has 0 saturated carbocycles. The summed E-state index contributed by atoms with van der Waals surface area (Å²) in [5.41, 5.74) is 3.30. The molecule has 0 aliphatic carbocycles. The molecule has 0 atom stereocenters. The van der Waals surface area contributed by atoms with Gasteiger partial charge >= 0.3 is 0 Å². The summed E-state index contributed by atoms with van der Waals surface area (Å²) >= 11 is 0. The second-order valence-electron chi connectivity index (χ2n) is 7.04. The van der Waals surface area contributed by atoms with Crippen molar-refractivity contribution < 1.29 is 14.3 Å². The number of nitrogens with one attached hydrogen (secondary N) is 1. The normalized spacial score (nSPS) is 13.9. The average Bonchev–Trinajstić information content (AvgIpc) is 2.72. The van der Waals surface area contributed by atoms with Crippen LogP contribution < -0.4 is 15.0 Å². The first-order valence-electron chi connectivity index (χ1n) is 9.57. The van der Waals surface area contributed by atoms with Crippen molar-refractivity contribution >= 4 is 17.5 Å². The highest BCUT2D eigenvalue weighted by Crippen LogP contribution is 2.18. The van der Waals surface area contributed by atoms with Gasteiger partial charge in [-0.2, -0.15) is 0 Å². The fourth-order valence-corrected chi connectivity index (χ4v) is 3.29. The number of ether oxygens (including phenoxy) is 1. The van der Waals surface area contributed by atoms with Crippen molar-refractivity contribution in [3.63, 3.8) is 0 Å². The van der Waals surface area contributed by atoms with Gasteiger partial charge in [0.15, 0.2) is 6.61 Å². The van der Waals surface area contributed by atoms with Gasteiger partial charge in [-0.3, -0.25) is 9.59 Å². The van der Waals surface area contributed by atoms with Crippen molar-refractivity contribution in [2.45, 2.75) is 13.8 Å². The molecular formula is C22H27N3O3. The summed E-state index contributed by atoms with van der Waals surface area (Å²) in [5.74, 6) is 0.327. The highest BCUT2D eigenvalue weighted by molar-refractivity contribution is 5.85. The maximum absolute atomic E-state index is 12.4. The summed E-state index contributed by atoms with van der Waals surface area (Å²) in [6, 6.07) is 16.0. The summed E-state index contributed by atoms with van der Waals surface area (Å²) < 4.78 is 5.55. The van der Waals surface area contributed by atoms with Gasteiger partial charge < -0.3 is 19.9 Å². The highest BCUT2D eigenvalue weighted by atomic mass is 16.5. The quantitative estimate of drug-likeness (QED) is 0.833. The molecule has 148 valence electrons. The molecule has 2 aromatic rings. The van der Waals surface area contributed by atoms with Gasteiger partial charge in [0.1, 0.15) is 5.75 Å². The highest BCUT2D eigenvalue weighted by Gasteiger charge is 2.21. The molecule has 1 heterocycles. The van der Waals surface area contributed by atoms with Crippen LogP contribution in [0.25, 0.3) is 0 Å². The van der Waals surface area contributed by atoms with E-state index < -0.39 is 0 Å². The first-order valence-corrected chi connectivity index (χ1v) is 9.57. The van der Waals surface area contributed by atoms with E-state index in [4.69, 9.17) is 4.74 Å². The monoisotopic (exact) mass is 381 g/mol. The second kappa shape index (κ2) is 9.26. The molecule has 6 heteroatoms. The number of amides is 2. The zero-order chi connectivity index (χ0) is 19.9. The third kappa shape index (κ3) is 5.25. The molecule has 1 aliphatic heterocycles. The van der Waals surface area contributed by atoms with Crippen LogP contribution in [-0.4, -0.2) is 56.0 Å². The predicted octanol–water partition coefficient (Wildman–Crippen LogP) is 2.15. The number of benzene rings is 2. The number of para-hydroxylation sites is 1. The Balaban J connectivity index is 1.39. The number of hydrogen-bond acceptors (Lipinski definition) is 4. The number of nitrogens with zero attached hydrogens (tertiary/aromatic N) is 2. The molecule has 0 bridgehead atoms. The van der Waals surface area contributed by atoms with Gasteiger partial charge in [0.05, 0.1) is 6.54 Å². The van der Waals surface area contributed by atoms with Crippen molar-refractivity contribution in [3.8, 4) is 5.75 Å². The molecule has 6 nitrogen and oxygen atoms in total. The largest absolute Gasteiger partial charge is 0.484 e. The number of carbonyl (C=O) groups is 2. The zero-order valence-corrected chi connectivity index (χ0v) is 16.5. The van der Waals surface area contributed by atoms with Crippen molar-refractivity contribution in [1.29, 1.82) is 0 Å². The third-order valence-electron chi connectivity index (χ3n) is 4.88. The molecular weight excluding hydrogens is 354 g/mol. The first-order chi connectivity index (χ1) is 13.5. The standard InChI is InChI=1S/C22H27N3O3/c1-17-8-9-20(18(2)14-17)28-16-21(26)23-15-22(27)25-12-10-24(11-13-25)19-6-4-3-5-7-19/h3-9,14H,10-13,15-16H2,1-2H3,(H,23,26). The summed E-state index contributed by atoms with van der Waals surface area (Å²) in [6.45, 7) is 6.75. The van der Waals surface area contributed by atoms with Gasteiger partial charge in [-0.05, 0) is 37.6 Å². The smallest absolute Gasteiger partial charge is 0.258 e. The number of anilines is 1. The third-order valence-corrected chi connectivity index (χ3v) is 4.88. The summed E-state index contributed by atoms with van der Waals surface area (Å²) in [6.07, 6.45) is 0. The maximum Gasteiger partial charge on any atom is 0.258 e. The van der Waals surface area contributed by atoms with Crippen molar-refractivity contribution in [2.75, 3.05) is 44.2 Å². The van der Waals surface area contributed by atoms with Crippen molar-refractivity contribution in [2.24, 2.45) is 0 Å². The molecule has 1 N–H and O–H groups in total. The fourth-order valence-electron chi connectivity index (χ4n) is 3.29. The van der Waals surface area contributed by atoms with Crippen LogP contribution in [-0.2, 0) is 9.59 Å². The Morgan fingerprint density at radius 3 is 2.39 bits per heavy atom. The number of carbonyl (C=O) groups excluding carboxylic acids is 2. The second-order valence-corrected chi connectivity index (χ2v) is 7.04. The SMILES string of the molecule is Cc1ccc(OCC(=O)NCC(=O)N2CCN(c3ccccc3)CC2)c(C)c1. The van der Waals surface area contributed by atoms with Gasteiger partial charge in [0.2, 0.25) is 5.91 Å². The predicted molar refractivity (Wildman–Crippen MR) is 110 cm³/mol. The minimum atomic E-state index is -0.295. The molecule has 1 saturated heterocycles. The van der Waals surface area contributed by atoms with Gasteiger partial charge in [-0.1, -0.05) is 35.9 Å². The van der Waals surface area contributed by atoms with Crippen LogP contribution in [0, 0.1) is 13.8 Å². The Hall–Kier alpha value is -3.02. The van der Waals surface area contributed by atoms with E-state index in [1.807, 2.05) is 50.2 Å². The number of rotatable bonds is 6. The summed E-state index contributed by atoms with van der Waals surface area (Å²) in [7, 11) is 0. The number of hydrogen-bond donors (Lipinski definition) is 1. The lowest BCUT2D eigenvalue weighted by molar-refractivity contribution is -0.133. The van der Waals surface area contributed by atoms with Crippen LogP contribution in [0.2, 0.25) is 0 Å². The van der Waals surface area contributed by atoms with E-state index in [2.05, 4.69) is 22.3 Å². The molecule has 0 aromatic heterocycles. The lowest BCUT2D eigenvalue weighted by Crippen LogP contribution is -2.51. The lowest BCUT2D eigenvalue weighted by Gasteiger charge is -2.36. The van der Waals surface area contributed by atoms with Crippen LogP contribution in [0.4, 0.5) is 5.69 Å². The first kappa shape index (κ1) is 19.7. The van der Waals surface area contributed by atoms with Gasteiger partial charge in [0.25, 0.3) is 5.91 Å². The minimum Gasteiger partial charge on any atom is -0.484 e. The van der Waals surface area contributed by atoms with E-state index in [1.165, 1.54) is 5.69 Å². The van der Waals surface area contributed by atoms with E-state index in [9.17, 15) is 9.59 Å². The average molecular weight is 381 g/mol. The molecule has 0 unspecified atom stereocenters.